The van der Waals surface area contributed by atoms with Crippen LogP contribution in [-0.2, 0) is 9.05 Å². The maximum Gasteiger partial charge on any atom is 0.355 e. The maximum atomic E-state index is 12.0. The van der Waals surface area contributed by atoms with E-state index in [4.69, 9.17) is 0 Å². The maximum absolute atomic E-state index is 12.0. The van der Waals surface area contributed by atoms with Gasteiger partial charge in [0.15, 0.2) is 0 Å². The lowest BCUT2D eigenvalue weighted by atomic mass is 11.8. The predicted molar refractivity (Wildman–Crippen MR) is 33.9 cm³/mol. The summed E-state index contributed by atoms with van der Waals surface area (Å²) >= 11 is 0. The number of hydrogen-bond donors (Lipinski definition) is 0. The minimum atomic E-state index is -2.79. The first-order valence-electron chi connectivity index (χ1n) is 1.98. The standard InChI is InChI=1S/C2H7F2NO2P2/c1-6-8(3)5-9(4)7-2/h8H,1-2H3. The van der Waals surface area contributed by atoms with Gasteiger partial charge in [0, 0.05) is 14.2 Å². The highest BCUT2D eigenvalue weighted by Gasteiger charge is 2.02. The summed E-state index contributed by atoms with van der Waals surface area (Å²) in [5.41, 5.74) is 0. The molecule has 0 saturated heterocycles. The lowest BCUT2D eigenvalue weighted by molar-refractivity contribution is 0.424. The van der Waals surface area contributed by atoms with Gasteiger partial charge in [-0.25, -0.2) is 0 Å². The normalized spacial score (nSPS) is 17.8. The van der Waals surface area contributed by atoms with Crippen LogP contribution in [0.15, 0.2) is 4.52 Å². The third kappa shape index (κ3) is 4.91. The second kappa shape index (κ2) is 5.24. The van der Waals surface area contributed by atoms with Crippen molar-refractivity contribution >= 4 is 16.9 Å². The van der Waals surface area contributed by atoms with Crippen LogP contribution in [0.4, 0.5) is 8.39 Å². The molecule has 2 unspecified atom stereocenters. The van der Waals surface area contributed by atoms with E-state index in [1.54, 1.807) is 0 Å². The number of hydrogen-bond acceptors (Lipinski definition) is 3. The van der Waals surface area contributed by atoms with Crippen molar-refractivity contribution in [1.29, 1.82) is 0 Å². The van der Waals surface area contributed by atoms with Gasteiger partial charge in [-0.15, -0.1) is 0 Å². The van der Waals surface area contributed by atoms with Crippen LogP contribution in [0.3, 0.4) is 0 Å². The molecule has 0 spiro atoms. The quantitative estimate of drug-likeness (QED) is 0.620. The first kappa shape index (κ1) is 9.44. The van der Waals surface area contributed by atoms with Crippen molar-refractivity contribution in [1.82, 2.24) is 0 Å². The molecule has 0 aromatic heterocycles. The first-order chi connectivity index (χ1) is 4.20. The van der Waals surface area contributed by atoms with E-state index < -0.39 is 16.9 Å². The first-order valence-corrected chi connectivity index (χ1v) is 4.32. The third-order valence-electron chi connectivity index (χ3n) is 0.476. The van der Waals surface area contributed by atoms with E-state index in [9.17, 15) is 8.39 Å². The molecule has 0 rings (SSSR count). The third-order valence-corrected chi connectivity index (χ3v) is 2.37. The fourth-order valence-corrected chi connectivity index (χ4v) is 1.29. The molecule has 2 atom stereocenters. The highest BCUT2D eigenvalue weighted by atomic mass is 31.2. The van der Waals surface area contributed by atoms with Gasteiger partial charge in [-0.1, -0.05) is 0 Å². The molecule has 56 valence electrons. The molecule has 0 amide bonds. The number of halogens is 2. The van der Waals surface area contributed by atoms with Crippen LogP contribution in [0, 0.1) is 0 Å². The molecule has 0 radical (unpaired) electrons. The molecule has 0 aliphatic heterocycles. The molecule has 0 N–H and O–H groups in total. The highest BCUT2D eigenvalue weighted by Crippen LogP contribution is 2.47. The zero-order valence-electron chi connectivity index (χ0n) is 4.97. The second-order valence-electron chi connectivity index (χ2n) is 0.966. The summed E-state index contributed by atoms with van der Waals surface area (Å²) in [7, 11) is -2.98. The fourth-order valence-electron chi connectivity index (χ4n) is 0.143. The van der Waals surface area contributed by atoms with E-state index in [1.807, 2.05) is 0 Å². The molecular formula is C2H7F2NO2P2. The zero-order valence-corrected chi connectivity index (χ0v) is 6.86. The summed E-state index contributed by atoms with van der Waals surface area (Å²) in [6.07, 6.45) is 0. The van der Waals surface area contributed by atoms with E-state index in [2.05, 4.69) is 13.6 Å². The lowest BCUT2D eigenvalue weighted by Crippen LogP contribution is -1.63. The zero-order chi connectivity index (χ0) is 7.28. The van der Waals surface area contributed by atoms with Crippen molar-refractivity contribution in [3.8, 4) is 0 Å². The SMILES string of the molecule is COP(F)/N=[PH](\F)OC. The lowest BCUT2D eigenvalue weighted by Gasteiger charge is -1.96. The van der Waals surface area contributed by atoms with Crippen molar-refractivity contribution in [2.45, 2.75) is 0 Å². The summed E-state index contributed by atoms with van der Waals surface area (Å²) in [4.78, 5) is 0. The molecule has 0 saturated carbocycles. The fraction of sp³-hybridized carbons (Fsp3) is 1.00. The Hall–Kier alpha value is 0.440. The average molecular weight is 177 g/mol. The monoisotopic (exact) mass is 177 g/mol. The van der Waals surface area contributed by atoms with E-state index in [0.29, 0.717) is 0 Å². The van der Waals surface area contributed by atoms with Gasteiger partial charge >= 0.3 is 8.61 Å². The van der Waals surface area contributed by atoms with Crippen LogP contribution in [0.5, 0.6) is 0 Å². The van der Waals surface area contributed by atoms with Gasteiger partial charge in [-0.3, -0.25) is 0 Å². The Bertz CT molecular complexity index is 111. The summed E-state index contributed by atoms with van der Waals surface area (Å²) in [6.45, 7) is 0. The van der Waals surface area contributed by atoms with Crippen molar-refractivity contribution in [3.05, 3.63) is 0 Å². The number of rotatable bonds is 3. The molecule has 3 nitrogen and oxygen atoms in total. The molecule has 9 heavy (non-hydrogen) atoms. The van der Waals surface area contributed by atoms with Gasteiger partial charge in [0.2, 0.25) is 8.25 Å². The van der Waals surface area contributed by atoms with Crippen molar-refractivity contribution in [2.75, 3.05) is 14.2 Å². The molecule has 0 fully saturated rings. The van der Waals surface area contributed by atoms with Crippen LogP contribution >= 0.6 is 16.9 Å². The summed E-state index contributed by atoms with van der Waals surface area (Å²) < 4.78 is 35.0. The topological polar surface area (TPSA) is 30.8 Å². The van der Waals surface area contributed by atoms with Gasteiger partial charge in [0.25, 0.3) is 0 Å². The predicted octanol–water partition coefficient (Wildman–Crippen LogP) is 2.67. The molecule has 0 aliphatic carbocycles. The molecule has 0 aromatic carbocycles. The van der Waals surface area contributed by atoms with Crippen LogP contribution in [0.2, 0.25) is 0 Å². The van der Waals surface area contributed by atoms with Crippen molar-refractivity contribution in [3.63, 3.8) is 0 Å². The molecule has 0 bridgehead atoms. The largest absolute Gasteiger partial charge is 0.355 e. The van der Waals surface area contributed by atoms with E-state index >= 15 is 0 Å². The smallest absolute Gasteiger partial charge is 0.326 e. The summed E-state index contributed by atoms with van der Waals surface area (Å²) in [5.74, 6) is 0. The van der Waals surface area contributed by atoms with Crippen LogP contribution in [-0.4, -0.2) is 14.2 Å². The van der Waals surface area contributed by atoms with Gasteiger partial charge in [0.05, 0.1) is 0 Å². The number of nitrogens with zero attached hydrogens (tertiary/aromatic N) is 1. The Labute approximate surface area is 54.0 Å². The van der Waals surface area contributed by atoms with Gasteiger partial charge < -0.3 is 9.05 Å². The second-order valence-corrected chi connectivity index (χ2v) is 3.50. The minimum absolute atomic E-state index is 1.13. The van der Waals surface area contributed by atoms with E-state index in [-0.39, 0.29) is 0 Å². The molecular weight excluding hydrogens is 170 g/mol. The van der Waals surface area contributed by atoms with E-state index in [0.717, 1.165) is 14.2 Å². The van der Waals surface area contributed by atoms with Gasteiger partial charge in [-0.05, 0) is 0 Å². The van der Waals surface area contributed by atoms with Crippen LogP contribution < -0.4 is 0 Å². The Balaban J connectivity index is 3.64. The van der Waals surface area contributed by atoms with E-state index in [1.165, 1.54) is 0 Å². The van der Waals surface area contributed by atoms with Crippen molar-refractivity contribution < 1.29 is 17.4 Å². The van der Waals surface area contributed by atoms with Crippen molar-refractivity contribution in [2.24, 2.45) is 4.52 Å². The highest BCUT2D eigenvalue weighted by molar-refractivity contribution is 7.53. The van der Waals surface area contributed by atoms with Crippen LogP contribution in [0.25, 0.3) is 0 Å². The Kier molecular flexibility index (Phi) is 5.50. The Morgan fingerprint density at radius 1 is 1.56 bits per heavy atom. The molecule has 0 aliphatic rings. The Morgan fingerprint density at radius 3 is 2.44 bits per heavy atom. The van der Waals surface area contributed by atoms with Crippen LogP contribution in [0.1, 0.15) is 0 Å². The Morgan fingerprint density at radius 2 is 2.11 bits per heavy atom. The molecule has 7 heteroatoms. The summed E-state index contributed by atoms with van der Waals surface area (Å²) in [5, 5.41) is 0. The molecule has 0 aromatic rings. The summed E-state index contributed by atoms with van der Waals surface area (Å²) in [6, 6.07) is 0. The van der Waals surface area contributed by atoms with Gasteiger partial charge in [0.1, 0.15) is 0 Å². The van der Waals surface area contributed by atoms with Gasteiger partial charge in [-0.2, -0.15) is 12.9 Å². The molecule has 0 heterocycles. The average Bonchev–Trinajstić information content (AvgIpc) is 1.87. The minimum Gasteiger partial charge on any atom is -0.326 e.